The number of benzene rings is 2. The van der Waals surface area contributed by atoms with Crippen LogP contribution in [-0.4, -0.2) is 60.4 Å². The number of aromatic nitrogens is 2. The van der Waals surface area contributed by atoms with Gasteiger partial charge in [0, 0.05) is 67.1 Å². The van der Waals surface area contributed by atoms with E-state index in [-0.39, 0.29) is 36.5 Å². The molecule has 4 N–H and O–H groups in total. The van der Waals surface area contributed by atoms with Crippen LogP contribution in [0.15, 0.2) is 54.7 Å². The third-order valence-electron chi connectivity index (χ3n) is 9.52. The molecule has 6 rings (SSSR count). The van der Waals surface area contributed by atoms with Crippen LogP contribution >= 0.6 is 11.6 Å². The highest BCUT2D eigenvalue weighted by atomic mass is 35.5. The largest absolute Gasteiger partial charge is 0.496 e. The Hall–Kier alpha value is -4.43. The minimum atomic E-state index is -4.74. The second-order valence-electron chi connectivity index (χ2n) is 13.3. The van der Waals surface area contributed by atoms with Gasteiger partial charge in [0.15, 0.2) is 0 Å². The van der Waals surface area contributed by atoms with Gasteiger partial charge >= 0.3 is 6.18 Å². The van der Waals surface area contributed by atoms with Crippen molar-refractivity contribution in [3.8, 4) is 39.9 Å². The van der Waals surface area contributed by atoms with E-state index in [4.69, 9.17) is 25.8 Å². The van der Waals surface area contributed by atoms with Crippen molar-refractivity contribution in [2.75, 3.05) is 27.3 Å². The quantitative estimate of drug-likeness (QED) is 0.110. The lowest BCUT2D eigenvalue weighted by Crippen LogP contribution is -2.35. The summed E-state index contributed by atoms with van der Waals surface area (Å²) in [5, 5.41) is 19.3. The maximum atomic E-state index is 14.4. The van der Waals surface area contributed by atoms with Gasteiger partial charge in [-0.1, -0.05) is 41.9 Å². The molecule has 0 radical (unpaired) electrons. The van der Waals surface area contributed by atoms with E-state index in [2.05, 4.69) is 25.9 Å². The number of alkyl halides is 3. The second-order valence-corrected chi connectivity index (χ2v) is 13.7. The van der Waals surface area contributed by atoms with Gasteiger partial charge in [-0.15, -0.1) is 0 Å². The molecule has 282 valence electrons. The van der Waals surface area contributed by atoms with Gasteiger partial charge in [0.2, 0.25) is 17.7 Å². The van der Waals surface area contributed by atoms with Crippen molar-refractivity contribution < 1.29 is 37.3 Å². The Morgan fingerprint density at radius 2 is 1.81 bits per heavy atom. The molecule has 1 aliphatic heterocycles. The second kappa shape index (κ2) is 16.7. The first-order valence-corrected chi connectivity index (χ1v) is 18.0. The maximum absolute atomic E-state index is 14.4. The molecule has 2 aliphatic rings. The zero-order valence-corrected chi connectivity index (χ0v) is 30.5. The van der Waals surface area contributed by atoms with Crippen molar-refractivity contribution in [3.05, 3.63) is 87.6 Å². The summed E-state index contributed by atoms with van der Waals surface area (Å²) < 4.78 is 60.4. The van der Waals surface area contributed by atoms with Gasteiger partial charge in [0.25, 0.3) is 0 Å². The number of hydrogen-bond donors (Lipinski definition) is 4. The van der Waals surface area contributed by atoms with Gasteiger partial charge in [-0.25, -0.2) is 0 Å². The number of methoxy groups -OCH3 is 2. The molecule has 3 heterocycles. The number of carbonyl (C=O) groups is 1. The van der Waals surface area contributed by atoms with Crippen LogP contribution in [0.4, 0.5) is 13.2 Å². The van der Waals surface area contributed by atoms with E-state index in [9.17, 15) is 23.1 Å². The summed E-state index contributed by atoms with van der Waals surface area (Å²) in [7, 11) is 2.95. The first-order chi connectivity index (χ1) is 25.5. The number of hydrogen-bond acceptors (Lipinski definition) is 9. The normalized spacial score (nSPS) is 17.6. The summed E-state index contributed by atoms with van der Waals surface area (Å²) >= 11 is 7.11. The standard InChI is InChI=1S/C39H43ClF3N5O5/c1-22(49)18-44-20-25-16-31(39(41,42)43)38(48-37(25)52-3)53-32-9-5-7-27-28(6-4-8-29(27)32)30-14-15-46-36(35(30)40)23-10-11-24(33(17-23)51-2)19-45-21-26-12-13-34(50)47-26/h4,6,8,10-11,14-17,22,26,32,44-45,49H,5,7,9,12-13,18-21H2,1-3H3,(H,47,50)/t22-,26-,32-/m0/s1. The zero-order chi connectivity index (χ0) is 37.7. The number of fused-ring (bicyclic) bond motifs is 1. The van der Waals surface area contributed by atoms with Crippen LogP contribution in [0.1, 0.15) is 66.5 Å². The highest BCUT2D eigenvalue weighted by Gasteiger charge is 2.38. The monoisotopic (exact) mass is 753 g/mol. The number of nitrogens with zero attached hydrogens (tertiary/aromatic N) is 2. The van der Waals surface area contributed by atoms with Crippen molar-refractivity contribution >= 4 is 17.5 Å². The molecule has 2 aromatic heterocycles. The van der Waals surface area contributed by atoms with Crippen LogP contribution in [0.5, 0.6) is 17.5 Å². The molecule has 3 atom stereocenters. The molecule has 10 nitrogen and oxygen atoms in total. The number of ether oxygens (including phenoxy) is 3. The van der Waals surface area contributed by atoms with Crippen molar-refractivity contribution in [3.63, 3.8) is 0 Å². The number of nitrogens with one attached hydrogen (secondary N) is 3. The van der Waals surface area contributed by atoms with Gasteiger partial charge in [-0.3, -0.25) is 9.78 Å². The molecule has 14 heteroatoms. The van der Waals surface area contributed by atoms with Gasteiger partial charge < -0.3 is 35.3 Å². The summed E-state index contributed by atoms with van der Waals surface area (Å²) in [6.07, 6.45) is -1.23. The fourth-order valence-corrected chi connectivity index (χ4v) is 7.27. The molecular weight excluding hydrogens is 711 g/mol. The molecule has 1 aliphatic carbocycles. The number of rotatable bonds is 14. The van der Waals surface area contributed by atoms with Crippen LogP contribution < -0.4 is 30.2 Å². The van der Waals surface area contributed by atoms with Crippen LogP contribution in [-0.2, 0) is 30.5 Å². The van der Waals surface area contributed by atoms with E-state index in [0.717, 1.165) is 45.9 Å². The lowest BCUT2D eigenvalue weighted by atomic mass is 9.84. The fourth-order valence-electron chi connectivity index (χ4n) is 6.95. The summed E-state index contributed by atoms with van der Waals surface area (Å²) in [6.45, 7) is 2.99. The lowest BCUT2D eigenvalue weighted by Gasteiger charge is -2.29. The summed E-state index contributed by atoms with van der Waals surface area (Å²) in [5.41, 5.74) is 4.73. The first-order valence-electron chi connectivity index (χ1n) is 17.6. The van der Waals surface area contributed by atoms with Gasteiger partial charge in [0.05, 0.1) is 31.0 Å². The molecule has 0 bridgehead atoms. The smallest absolute Gasteiger partial charge is 0.421 e. The summed E-state index contributed by atoms with van der Waals surface area (Å²) in [5.74, 6) is 0.192. The number of pyridine rings is 2. The Bertz CT molecular complexity index is 1940. The van der Waals surface area contributed by atoms with Crippen molar-refractivity contribution in [1.82, 2.24) is 25.9 Å². The van der Waals surface area contributed by atoms with Crippen LogP contribution in [0.25, 0.3) is 22.4 Å². The summed E-state index contributed by atoms with van der Waals surface area (Å²) in [6, 6.07) is 14.4. The number of aliphatic hydroxyl groups excluding tert-OH is 1. The Balaban J connectivity index is 1.27. The van der Waals surface area contributed by atoms with Gasteiger partial charge in [-0.2, -0.15) is 18.2 Å². The van der Waals surface area contributed by atoms with E-state index in [1.807, 2.05) is 42.5 Å². The molecule has 1 amide bonds. The van der Waals surface area contributed by atoms with Gasteiger partial charge in [-0.05, 0) is 67.5 Å². The molecule has 0 unspecified atom stereocenters. The SMILES string of the molecule is COc1cc(-c2nccc(-c3cccc4c3CCC[C@@H]4Oc3nc(OC)c(CNC[C@H](C)O)cc3C(F)(F)F)c2Cl)ccc1CNC[C@@H]1CCC(=O)N1. The van der Waals surface area contributed by atoms with Crippen molar-refractivity contribution in [2.45, 2.75) is 76.5 Å². The van der Waals surface area contributed by atoms with Crippen LogP contribution in [0.2, 0.25) is 5.02 Å². The maximum Gasteiger partial charge on any atom is 0.421 e. The van der Waals surface area contributed by atoms with Gasteiger partial charge in [0.1, 0.15) is 17.4 Å². The Morgan fingerprint density at radius 3 is 2.53 bits per heavy atom. The predicted molar refractivity (Wildman–Crippen MR) is 195 cm³/mol. The van der Waals surface area contributed by atoms with E-state index in [1.54, 1.807) is 20.2 Å². The number of carbonyl (C=O) groups excluding carboxylic acids is 1. The molecule has 0 saturated carbocycles. The van der Waals surface area contributed by atoms with E-state index < -0.39 is 29.8 Å². The number of halogens is 4. The average molecular weight is 754 g/mol. The topological polar surface area (TPSA) is 127 Å². The average Bonchev–Trinajstić information content (AvgIpc) is 3.56. The first kappa shape index (κ1) is 38.3. The number of aliphatic hydroxyl groups is 1. The lowest BCUT2D eigenvalue weighted by molar-refractivity contribution is -0.139. The highest BCUT2D eigenvalue weighted by molar-refractivity contribution is 6.35. The predicted octanol–water partition coefficient (Wildman–Crippen LogP) is 6.80. The molecular formula is C39H43ClF3N5O5. The molecule has 0 spiro atoms. The third-order valence-corrected chi connectivity index (χ3v) is 9.90. The molecule has 2 aromatic carbocycles. The van der Waals surface area contributed by atoms with Crippen LogP contribution in [0, 0.1) is 0 Å². The molecule has 53 heavy (non-hydrogen) atoms. The molecule has 1 fully saturated rings. The fraction of sp³-hybridized carbons (Fsp3) is 0.410. The molecule has 4 aromatic rings. The third kappa shape index (κ3) is 8.86. The highest BCUT2D eigenvalue weighted by Crippen LogP contribution is 2.45. The zero-order valence-electron chi connectivity index (χ0n) is 29.8. The Morgan fingerprint density at radius 1 is 1.00 bits per heavy atom. The minimum absolute atomic E-state index is 0.00645. The van der Waals surface area contributed by atoms with Crippen LogP contribution in [0.3, 0.4) is 0 Å². The Kier molecular flexibility index (Phi) is 12.1. The molecule has 1 saturated heterocycles. The van der Waals surface area contributed by atoms with E-state index in [0.29, 0.717) is 55.2 Å². The Labute approximate surface area is 311 Å². The van der Waals surface area contributed by atoms with E-state index in [1.165, 1.54) is 7.11 Å². The minimum Gasteiger partial charge on any atom is -0.496 e. The van der Waals surface area contributed by atoms with Crippen molar-refractivity contribution in [1.29, 1.82) is 0 Å². The number of amides is 1. The van der Waals surface area contributed by atoms with E-state index >= 15 is 0 Å². The summed E-state index contributed by atoms with van der Waals surface area (Å²) in [4.78, 5) is 20.3. The van der Waals surface area contributed by atoms with Crippen molar-refractivity contribution in [2.24, 2.45) is 0 Å².